The van der Waals surface area contributed by atoms with Gasteiger partial charge in [0.2, 0.25) is 0 Å². The first-order chi connectivity index (χ1) is 12.8. The second kappa shape index (κ2) is 9.93. The van der Waals surface area contributed by atoms with E-state index < -0.39 is 0 Å². The Bertz CT molecular complexity index is 576. The van der Waals surface area contributed by atoms with E-state index in [9.17, 15) is 0 Å². The number of hydrogen-bond donors (Lipinski definition) is 1. The fourth-order valence-corrected chi connectivity index (χ4v) is 3.83. The van der Waals surface area contributed by atoms with Gasteiger partial charge in [-0.25, -0.2) is 0 Å². The lowest BCUT2D eigenvalue weighted by Crippen LogP contribution is -2.47. The molecule has 2 aliphatic rings. The number of nitrogens with zero attached hydrogens (tertiary/aromatic N) is 2. The van der Waals surface area contributed by atoms with Crippen LogP contribution >= 0.6 is 0 Å². The second-order valence-corrected chi connectivity index (χ2v) is 7.18. The third kappa shape index (κ3) is 5.21. The summed E-state index contributed by atoms with van der Waals surface area (Å²) >= 11 is 0. The summed E-state index contributed by atoms with van der Waals surface area (Å²) in [5, 5.41) is 3.54. The number of aliphatic imine (C=N–C) groups is 1. The van der Waals surface area contributed by atoms with Crippen molar-refractivity contribution < 1.29 is 9.47 Å². The Hall–Kier alpha value is -1.59. The number of nitrogens with one attached hydrogen (secondary N) is 1. The molecule has 2 heterocycles. The SMILES string of the molecule is CCc1ccccc1CNC(=NC)N1CCC(OCC2CCCO2)CC1. The van der Waals surface area contributed by atoms with Gasteiger partial charge in [0.05, 0.1) is 18.8 Å². The van der Waals surface area contributed by atoms with Crippen LogP contribution in [0.15, 0.2) is 29.3 Å². The molecule has 5 nitrogen and oxygen atoms in total. The predicted molar refractivity (Wildman–Crippen MR) is 106 cm³/mol. The molecule has 0 spiro atoms. The summed E-state index contributed by atoms with van der Waals surface area (Å²) in [7, 11) is 1.87. The Balaban J connectivity index is 1.43. The molecule has 1 aromatic rings. The first-order valence-electron chi connectivity index (χ1n) is 10.1. The molecule has 1 aromatic carbocycles. The summed E-state index contributed by atoms with van der Waals surface area (Å²) in [4.78, 5) is 6.83. The van der Waals surface area contributed by atoms with E-state index in [1.165, 1.54) is 17.5 Å². The molecule has 144 valence electrons. The third-order valence-corrected chi connectivity index (χ3v) is 5.43. The number of guanidine groups is 1. The molecule has 2 saturated heterocycles. The smallest absolute Gasteiger partial charge is 0.193 e. The largest absolute Gasteiger partial charge is 0.376 e. The maximum atomic E-state index is 6.08. The van der Waals surface area contributed by atoms with E-state index in [4.69, 9.17) is 9.47 Å². The Labute approximate surface area is 157 Å². The van der Waals surface area contributed by atoms with E-state index in [1.54, 1.807) is 0 Å². The Morgan fingerprint density at radius 2 is 2.00 bits per heavy atom. The van der Waals surface area contributed by atoms with Crippen molar-refractivity contribution in [2.24, 2.45) is 4.99 Å². The van der Waals surface area contributed by atoms with Crippen molar-refractivity contribution in [2.75, 3.05) is 33.4 Å². The molecule has 3 rings (SSSR count). The van der Waals surface area contributed by atoms with Gasteiger partial charge in [-0.05, 0) is 43.2 Å². The van der Waals surface area contributed by atoms with Crippen LogP contribution in [-0.4, -0.2) is 56.4 Å². The maximum Gasteiger partial charge on any atom is 0.193 e. The minimum atomic E-state index is 0.320. The average Bonchev–Trinajstić information content (AvgIpc) is 3.21. The van der Waals surface area contributed by atoms with Crippen molar-refractivity contribution >= 4 is 5.96 Å². The van der Waals surface area contributed by atoms with Gasteiger partial charge in [0.25, 0.3) is 0 Å². The lowest BCUT2D eigenvalue weighted by molar-refractivity contribution is -0.0367. The van der Waals surface area contributed by atoms with Crippen LogP contribution in [0.4, 0.5) is 0 Å². The van der Waals surface area contributed by atoms with Crippen LogP contribution in [-0.2, 0) is 22.4 Å². The van der Waals surface area contributed by atoms with Gasteiger partial charge in [-0.3, -0.25) is 4.99 Å². The average molecular weight is 360 g/mol. The summed E-state index contributed by atoms with van der Waals surface area (Å²) in [5.41, 5.74) is 2.75. The quantitative estimate of drug-likeness (QED) is 0.627. The molecular weight excluding hydrogens is 326 g/mol. The highest BCUT2D eigenvalue weighted by Gasteiger charge is 2.24. The first-order valence-corrected chi connectivity index (χ1v) is 10.1. The van der Waals surface area contributed by atoms with Gasteiger partial charge in [-0.15, -0.1) is 0 Å². The molecule has 0 aromatic heterocycles. The molecule has 5 heteroatoms. The van der Waals surface area contributed by atoms with E-state index in [0.717, 1.165) is 64.5 Å². The van der Waals surface area contributed by atoms with E-state index in [1.807, 2.05) is 7.05 Å². The lowest BCUT2D eigenvalue weighted by atomic mass is 10.1. The monoisotopic (exact) mass is 359 g/mol. The topological polar surface area (TPSA) is 46.1 Å². The molecule has 0 aliphatic carbocycles. The molecule has 2 fully saturated rings. The first kappa shape index (κ1) is 19.2. The fraction of sp³-hybridized carbons (Fsp3) is 0.667. The highest BCUT2D eigenvalue weighted by atomic mass is 16.5. The number of likely N-dealkylation sites (tertiary alicyclic amines) is 1. The molecule has 1 N–H and O–H groups in total. The number of aryl methyl sites for hydroxylation is 1. The van der Waals surface area contributed by atoms with Crippen molar-refractivity contribution in [3.05, 3.63) is 35.4 Å². The van der Waals surface area contributed by atoms with Crippen molar-refractivity contribution in [1.82, 2.24) is 10.2 Å². The van der Waals surface area contributed by atoms with Crippen molar-refractivity contribution in [1.29, 1.82) is 0 Å². The van der Waals surface area contributed by atoms with E-state index in [0.29, 0.717) is 12.2 Å². The summed E-state index contributed by atoms with van der Waals surface area (Å²) < 4.78 is 11.7. The normalized spacial score (nSPS) is 22.0. The van der Waals surface area contributed by atoms with Crippen LogP contribution in [0.2, 0.25) is 0 Å². The zero-order valence-electron chi connectivity index (χ0n) is 16.2. The van der Waals surface area contributed by atoms with E-state index in [2.05, 4.69) is 46.4 Å². The Morgan fingerprint density at radius 1 is 1.23 bits per heavy atom. The predicted octanol–water partition coefficient (Wildman–Crippen LogP) is 2.98. The van der Waals surface area contributed by atoms with Gasteiger partial charge < -0.3 is 19.7 Å². The molecule has 26 heavy (non-hydrogen) atoms. The molecule has 0 radical (unpaired) electrons. The zero-order valence-corrected chi connectivity index (χ0v) is 16.2. The summed E-state index contributed by atoms with van der Waals surface area (Å²) in [6.07, 6.45) is 6.17. The molecule has 0 bridgehead atoms. The number of piperidine rings is 1. The second-order valence-electron chi connectivity index (χ2n) is 7.18. The van der Waals surface area contributed by atoms with E-state index >= 15 is 0 Å². The maximum absolute atomic E-state index is 6.08. The molecule has 0 amide bonds. The van der Waals surface area contributed by atoms with Crippen LogP contribution in [0, 0.1) is 0 Å². The van der Waals surface area contributed by atoms with Crippen LogP contribution in [0.3, 0.4) is 0 Å². The van der Waals surface area contributed by atoms with Crippen LogP contribution in [0.25, 0.3) is 0 Å². The van der Waals surface area contributed by atoms with Gasteiger partial charge in [0.1, 0.15) is 0 Å². The van der Waals surface area contributed by atoms with Crippen LogP contribution < -0.4 is 5.32 Å². The summed E-state index contributed by atoms with van der Waals surface area (Å²) in [6, 6.07) is 8.62. The van der Waals surface area contributed by atoms with Gasteiger partial charge in [-0.2, -0.15) is 0 Å². The summed E-state index contributed by atoms with van der Waals surface area (Å²) in [5.74, 6) is 0.994. The van der Waals surface area contributed by atoms with Gasteiger partial charge >= 0.3 is 0 Å². The van der Waals surface area contributed by atoms with Crippen LogP contribution in [0.5, 0.6) is 0 Å². The highest BCUT2D eigenvalue weighted by molar-refractivity contribution is 5.80. The number of rotatable bonds is 6. The molecular formula is C21H33N3O2. The molecule has 1 atom stereocenters. The lowest BCUT2D eigenvalue weighted by Gasteiger charge is -2.34. The van der Waals surface area contributed by atoms with Crippen molar-refractivity contribution in [2.45, 2.75) is 57.8 Å². The van der Waals surface area contributed by atoms with Crippen molar-refractivity contribution in [3.8, 4) is 0 Å². The van der Waals surface area contributed by atoms with Gasteiger partial charge in [0, 0.05) is 33.3 Å². The Morgan fingerprint density at radius 3 is 2.65 bits per heavy atom. The standard InChI is InChI=1S/C21H33N3O2/c1-3-17-7-4-5-8-18(17)15-23-21(22-2)24-12-10-19(11-13-24)26-16-20-9-6-14-25-20/h4-5,7-8,19-20H,3,6,9-16H2,1-2H3,(H,22,23). The van der Waals surface area contributed by atoms with E-state index in [-0.39, 0.29) is 0 Å². The fourth-order valence-electron chi connectivity index (χ4n) is 3.83. The number of benzene rings is 1. The minimum Gasteiger partial charge on any atom is -0.376 e. The minimum absolute atomic E-state index is 0.320. The molecule has 0 saturated carbocycles. The number of ether oxygens (including phenoxy) is 2. The summed E-state index contributed by atoms with van der Waals surface area (Å²) in [6.45, 7) is 6.67. The Kier molecular flexibility index (Phi) is 7.32. The molecule has 1 unspecified atom stereocenters. The third-order valence-electron chi connectivity index (χ3n) is 5.43. The highest BCUT2D eigenvalue weighted by Crippen LogP contribution is 2.18. The van der Waals surface area contributed by atoms with Crippen LogP contribution in [0.1, 0.15) is 43.7 Å². The van der Waals surface area contributed by atoms with Gasteiger partial charge in [-0.1, -0.05) is 31.2 Å². The number of hydrogen-bond acceptors (Lipinski definition) is 3. The molecule has 2 aliphatic heterocycles. The van der Waals surface area contributed by atoms with Gasteiger partial charge in [0.15, 0.2) is 5.96 Å². The zero-order chi connectivity index (χ0) is 18.2. The van der Waals surface area contributed by atoms with Crippen molar-refractivity contribution in [3.63, 3.8) is 0 Å².